The van der Waals surface area contributed by atoms with Crippen molar-refractivity contribution in [3.05, 3.63) is 237 Å². The molecule has 310 valence electrons. The molecule has 0 radical (unpaired) electrons. The zero-order valence-electron chi connectivity index (χ0n) is 36.3. The number of nitrogens with zero attached hydrogens (tertiary/aromatic N) is 5. The number of benzene rings is 10. The third-order valence-electron chi connectivity index (χ3n) is 13.6. The average Bonchev–Trinajstić information content (AvgIpc) is 3.91. The molecule has 1 unspecified atom stereocenters. The number of aromatic nitrogens is 3. The van der Waals surface area contributed by atoms with Crippen LogP contribution in [0.3, 0.4) is 0 Å². The van der Waals surface area contributed by atoms with Gasteiger partial charge in [0, 0.05) is 34.6 Å². The Kier molecular flexibility index (Phi) is 8.60. The molecule has 2 aromatic heterocycles. The Balaban J connectivity index is 0.945. The largest absolute Gasteiger partial charge is 0.326 e. The molecule has 12 aromatic rings. The summed E-state index contributed by atoms with van der Waals surface area (Å²) in [5, 5.41) is 3.47. The third-order valence-corrected chi connectivity index (χ3v) is 13.6. The number of quaternary nitrogens is 1. The first kappa shape index (κ1) is 37.9. The normalized spacial score (nSPS) is 14.2. The molecule has 3 heterocycles. The Morgan fingerprint density at radius 3 is 1.52 bits per heavy atom. The second kappa shape index (κ2) is 15.0. The fourth-order valence-electron chi connectivity index (χ4n) is 10.3. The van der Waals surface area contributed by atoms with Gasteiger partial charge in [-0.1, -0.05) is 146 Å². The summed E-state index contributed by atoms with van der Waals surface area (Å²) >= 11 is 0. The highest BCUT2D eigenvalue weighted by Crippen LogP contribution is 2.59. The Morgan fingerprint density at radius 2 is 0.879 bits per heavy atom. The summed E-state index contributed by atoms with van der Waals surface area (Å²) in [6.07, 6.45) is 0. The van der Waals surface area contributed by atoms with Crippen molar-refractivity contribution in [2.75, 3.05) is 11.9 Å². The van der Waals surface area contributed by atoms with Crippen LogP contribution in [0.5, 0.6) is 0 Å². The van der Waals surface area contributed by atoms with E-state index in [2.05, 4.69) is 253 Å². The molecule has 0 spiro atoms. The number of para-hydroxylation sites is 3. The molecule has 5 heteroatoms. The molecule has 0 amide bonds. The molecule has 0 bridgehead atoms. The predicted molar refractivity (Wildman–Crippen MR) is 275 cm³/mol. The van der Waals surface area contributed by atoms with E-state index in [-0.39, 0.29) is 0 Å². The topological polar surface area (TPSA) is 33.4 Å². The summed E-state index contributed by atoms with van der Waals surface area (Å²) in [4.78, 5) is 13.1. The number of anilines is 3. The van der Waals surface area contributed by atoms with Gasteiger partial charge in [0.1, 0.15) is 0 Å². The molecule has 0 saturated carbocycles. The number of rotatable bonds is 7. The van der Waals surface area contributed by atoms with Crippen molar-refractivity contribution in [2.24, 2.45) is 0 Å². The lowest BCUT2D eigenvalue weighted by Gasteiger charge is -2.29. The summed E-state index contributed by atoms with van der Waals surface area (Å²) in [7, 11) is 2.30. The van der Waals surface area contributed by atoms with E-state index in [1.54, 1.807) is 0 Å². The SMILES string of the molecule is C[N+]1(c2nc3ccccc3c3nc4ccccc4n23)c2ccc(-c3ccc(N(c4ccc(-c5ccccc5)cc4)c4ccc(-c5ccccc5)cc4)cc3)cc2-c2c1ccc1ccccc21. The molecule has 5 nitrogen and oxygen atoms in total. The van der Waals surface area contributed by atoms with Crippen LogP contribution in [0.4, 0.5) is 34.4 Å². The predicted octanol–water partition coefficient (Wildman–Crippen LogP) is 16.2. The maximum Gasteiger partial charge on any atom is 0.326 e. The van der Waals surface area contributed by atoms with Gasteiger partial charge >= 0.3 is 5.95 Å². The molecule has 0 fully saturated rings. The molecular weight excluding hydrogens is 803 g/mol. The van der Waals surface area contributed by atoms with Crippen LogP contribution in [0, 0.1) is 0 Å². The van der Waals surface area contributed by atoms with E-state index in [1.165, 1.54) is 55.5 Å². The van der Waals surface area contributed by atoms with Gasteiger partial charge in [0.15, 0.2) is 17.0 Å². The van der Waals surface area contributed by atoms with Crippen molar-refractivity contribution in [1.29, 1.82) is 0 Å². The van der Waals surface area contributed by atoms with Crippen molar-refractivity contribution < 1.29 is 0 Å². The lowest BCUT2D eigenvalue weighted by atomic mass is 9.95. The smallest absolute Gasteiger partial charge is 0.311 e. The van der Waals surface area contributed by atoms with E-state index in [9.17, 15) is 0 Å². The van der Waals surface area contributed by atoms with E-state index in [0.29, 0.717) is 4.48 Å². The van der Waals surface area contributed by atoms with Crippen LogP contribution in [0.15, 0.2) is 237 Å². The van der Waals surface area contributed by atoms with Gasteiger partial charge in [-0.15, -0.1) is 0 Å². The summed E-state index contributed by atoms with van der Waals surface area (Å²) in [5.41, 5.74) is 19.0. The van der Waals surface area contributed by atoms with Crippen LogP contribution in [0.25, 0.3) is 82.9 Å². The van der Waals surface area contributed by atoms with Gasteiger partial charge in [0.2, 0.25) is 0 Å². The van der Waals surface area contributed by atoms with Gasteiger partial charge in [0.05, 0.1) is 34.7 Å². The zero-order valence-corrected chi connectivity index (χ0v) is 36.3. The maximum atomic E-state index is 5.54. The van der Waals surface area contributed by atoms with E-state index < -0.39 is 0 Å². The molecule has 66 heavy (non-hydrogen) atoms. The van der Waals surface area contributed by atoms with Crippen molar-refractivity contribution in [3.63, 3.8) is 0 Å². The number of hydrogen-bond acceptors (Lipinski definition) is 3. The zero-order chi connectivity index (χ0) is 43.8. The molecule has 13 rings (SSSR count). The van der Waals surface area contributed by atoms with Crippen LogP contribution < -0.4 is 9.38 Å². The summed E-state index contributed by atoms with van der Waals surface area (Å²) in [6.45, 7) is 0. The van der Waals surface area contributed by atoms with Gasteiger partial charge in [0.25, 0.3) is 0 Å². The lowest BCUT2D eigenvalue weighted by Crippen LogP contribution is -2.34. The second-order valence-electron chi connectivity index (χ2n) is 17.3. The van der Waals surface area contributed by atoms with Crippen molar-refractivity contribution in [1.82, 2.24) is 18.9 Å². The molecule has 1 aliphatic heterocycles. The van der Waals surface area contributed by atoms with Gasteiger partial charge in [-0.2, -0.15) is 9.47 Å². The fraction of sp³-hybridized carbons (Fsp3) is 0.0164. The molecule has 0 N–H and O–H groups in total. The minimum atomic E-state index is 0.386. The highest BCUT2D eigenvalue weighted by atomic mass is 15.5. The van der Waals surface area contributed by atoms with Crippen molar-refractivity contribution in [2.45, 2.75) is 0 Å². The lowest BCUT2D eigenvalue weighted by molar-refractivity contribution is 0.600. The molecule has 1 aliphatic rings. The summed E-state index contributed by atoms with van der Waals surface area (Å²) < 4.78 is 2.67. The Labute approximate surface area is 383 Å². The Hall–Kier alpha value is -8.64. The maximum absolute atomic E-state index is 5.54. The first-order valence-corrected chi connectivity index (χ1v) is 22.5. The Morgan fingerprint density at radius 1 is 0.394 bits per heavy atom. The van der Waals surface area contributed by atoms with E-state index in [4.69, 9.17) is 9.97 Å². The van der Waals surface area contributed by atoms with Crippen LogP contribution in [0.2, 0.25) is 0 Å². The van der Waals surface area contributed by atoms with Crippen molar-refractivity contribution in [3.8, 4) is 44.5 Å². The molecule has 10 aromatic carbocycles. The summed E-state index contributed by atoms with van der Waals surface area (Å²) in [6, 6.07) is 85.1. The quantitative estimate of drug-likeness (QED) is 0.150. The standard InChI is InChI=1S/C61H42N5/c1-66(61-63-54-21-11-10-20-52(54)60-62-55-22-12-13-23-56(55)65(60)61)57-38-31-47(40-53(57)59-51-19-9-8-18-46(51)30-39-58(59)66)45-28-36-50(37-29-45)64(48-32-24-43(25-33-48)41-14-4-2-5-15-41)49-34-26-44(27-35-49)42-16-6-3-7-17-42/h2-40H,1H3/q+1. The van der Waals surface area contributed by atoms with Gasteiger partial charge in [-0.25, -0.2) is 9.38 Å². The molecule has 0 aliphatic carbocycles. The monoisotopic (exact) mass is 844 g/mol. The van der Waals surface area contributed by atoms with Crippen LogP contribution in [-0.4, -0.2) is 21.4 Å². The minimum absolute atomic E-state index is 0.386. The Bertz CT molecular complexity index is 3720. The highest BCUT2D eigenvalue weighted by Gasteiger charge is 2.47. The molecule has 1 atom stereocenters. The molecular formula is C61H42N5+. The van der Waals surface area contributed by atoms with Crippen LogP contribution >= 0.6 is 0 Å². The van der Waals surface area contributed by atoms with Crippen LogP contribution in [0.1, 0.15) is 0 Å². The molecule has 0 saturated heterocycles. The van der Waals surface area contributed by atoms with E-state index in [0.717, 1.165) is 61.7 Å². The first-order valence-electron chi connectivity index (χ1n) is 22.5. The van der Waals surface area contributed by atoms with Crippen molar-refractivity contribution >= 4 is 72.7 Å². The first-order chi connectivity index (χ1) is 32.6. The third kappa shape index (κ3) is 5.91. The second-order valence-corrected chi connectivity index (χ2v) is 17.3. The number of hydrogen-bond donors (Lipinski definition) is 0. The van der Waals surface area contributed by atoms with E-state index in [1.807, 2.05) is 0 Å². The average molecular weight is 845 g/mol. The summed E-state index contributed by atoms with van der Waals surface area (Å²) in [5.74, 6) is 0.901. The van der Waals surface area contributed by atoms with Gasteiger partial charge in [-0.3, -0.25) is 0 Å². The fourth-order valence-corrected chi connectivity index (χ4v) is 10.3. The number of imidazole rings is 1. The van der Waals surface area contributed by atoms with Crippen LogP contribution in [-0.2, 0) is 0 Å². The van der Waals surface area contributed by atoms with Gasteiger partial charge < -0.3 is 4.90 Å². The van der Waals surface area contributed by atoms with Gasteiger partial charge in [-0.05, 0) is 123 Å². The highest BCUT2D eigenvalue weighted by molar-refractivity contribution is 6.12. The van der Waals surface area contributed by atoms with E-state index >= 15 is 0 Å². The number of fused-ring (bicyclic) bond motifs is 10. The minimum Gasteiger partial charge on any atom is -0.311 e.